The molecule has 0 fully saturated rings. The molecule has 0 atom stereocenters. The zero-order valence-corrected chi connectivity index (χ0v) is 8.48. The largest absolute Gasteiger partial charge is 0.385 e. The third-order valence-corrected chi connectivity index (χ3v) is 2.02. The van der Waals surface area contributed by atoms with Crippen molar-refractivity contribution in [1.82, 2.24) is 0 Å². The molecule has 0 aromatic rings. The van der Waals surface area contributed by atoms with Crippen LogP contribution in [0.1, 0.15) is 33.6 Å². The summed E-state index contributed by atoms with van der Waals surface area (Å²) in [6, 6.07) is 0. The summed E-state index contributed by atoms with van der Waals surface area (Å²) in [4.78, 5) is 10.5. The van der Waals surface area contributed by atoms with Crippen molar-refractivity contribution < 1.29 is 9.90 Å². The third kappa shape index (κ3) is 5.33. The average Bonchev–Trinajstić information content (AvgIpc) is 1.84. The lowest BCUT2D eigenvalue weighted by atomic mass is 10.1. The Labute approximate surface area is 78.2 Å². The van der Waals surface area contributed by atoms with E-state index in [-0.39, 0.29) is 5.78 Å². The lowest BCUT2D eigenvalue weighted by molar-refractivity contribution is -0.116. The van der Waals surface area contributed by atoms with E-state index in [9.17, 15) is 9.90 Å². The van der Waals surface area contributed by atoms with Gasteiger partial charge in [0.05, 0.1) is 5.60 Å². The van der Waals surface area contributed by atoms with Crippen LogP contribution in [0.25, 0.3) is 0 Å². The number of halogens is 1. The molecule has 0 bridgehead atoms. The molecule has 70 valence electrons. The van der Waals surface area contributed by atoms with Gasteiger partial charge < -0.3 is 9.90 Å². The van der Waals surface area contributed by atoms with Gasteiger partial charge in [0.2, 0.25) is 0 Å². The van der Waals surface area contributed by atoms with Crippen molar-refractivity contribution >= 4 is 17.4 Å². The van der Waals surface area contributed by atoms with Gasteiger partial charge >= 0.3 is 0 Å². The van der Waals surface area contributed by atoms with E-state index in [1.807, 2.05) is 0 Å². The van der Waals surface area contributed by atoms with Crippen LogP contribution >= 0.6 is 11.6 Å². The van der Waals surface area contributed by atoms with Gasteiger partial charge in [0.1, 0.15) is 5.78 Å². The maximum atomic E-state index is 10.5. The first-order chi connectivity index (χ1) is 5.34. The summed E-state index contributed by atoms with van der Waals surface area (Å²) in [5.74, 6) is 0.131. The van der Waals surface area contributed by atoms with E-state index in [1.165, 1.54) is 6.92 Å². The van der Waals surface area contributed by atoms with Crippen molar-refractivity contribution in [3.05, 3.63) is 11.1 Å². The quantitative estimate of drug-likeness (QED) is 0.739. The van der Waals surface area contributed by atoms with E-state index >= 15 is 0 Å². The Morgan fingerprint density at radius 2 is 2.08 bits per heavy atom. The van der Waals surface area contributed by atoms with Crippen molar-refractivity contribution in [3.8, 4) is 0 Å². The van der Waals surface area contributed by atoms with Crippen LogP contribution in [0.15, 0.2) is 11.1 Å². The van der Waals surface area contributed by atoms with E-state index in [4.69, 9.17) is 11.6 Å². The first kappa shape index (κ1) is 11.7. The summed E-state index contributed by atoms with van der Waals surface area (Å²) in [6.45, 7) is 4.75. The van der Waals surface area contributed by atoms with Crippen molar-refractivity contribution in [2.75, 3.05) is 0 Å². The molecule has 3 heteroatoms. The Hall–Kier alpha value is -0.340. The van der Waals surface area contributed by atoms with E-state index in [2.05, 4.69) is 0 Å². The predicted octanol–water partition coefficient (Wildman–Crippen LogP) is 2.25. The van der Waals surface area contributed by atoms with Gasteiger partial charge in [0.15, 0.2) is 0 Å². The highest BCUT2D eigenvalue weighted by atomic mass is 35.5. The minimum atomic E-state index is -0.988. The predicted molar refractivity (Wildman–Crippen MR) is 50.1 cm³/mol. The zero-order chi connectivity index (χ0) is 9.78. The minimum Gasteiger partial charge on any atom is -0.385 e. The molecule has 0 spiro atoms. The van der Waals surface area contributed by atoms with Crippen molar-refractivity contribution in [2.24, 2.45) is 0 Å². The number of rotatable bonds is 4. The van der Waals surface area contributed by atoms with Gasteiger partial charge in [-0.2, -0.15) is 0 Å². The Bertz CT molecular complexity index is 189. The summed E-state index contributed by atoms with van der Waals surface area (Å²) >= 11 is 5.74. The summed E-state index contributed by atoms with van der Waals surface area (Å²) < 4.78 is 0. The zero-order valence-electron chi connectivity index (χ0n) is 7.72. The first-order valence-corrected chi connectivity index (χ1v) is 4.30. The van der Waals surface area contributed by atoms with Crippen LogP contribution in [0.4, 0.5) is 0 Å². The highest BCUT2D eigenvalue weighted by molar-refractivity contribution is 6.30. The number of carbonyl (C=O) groups excluding carboxylic acids is 1. The fourth-order valence-electron chi connectivity index (χ4n) is 0.652. The van der Waals surface area contributed by atoms with Crippen LogP contribution < -0.4 is 0 Å². The summed E-state index contributed by atoms with van der Waals surface area (Å²) in [5.41, 5.74) is -0.988. The van der Waals surface area contributed by atoms with E-state index < -0.39 is 5.60 Å². The molecule has 0 aromatic carbocycles. The van der Waals surface area contributed by atoms with Crippen molar-refractivity contribution in [3.63, 3.8) is 0 Å². The van der Waals surface area contributed by atoms with Gasteiger partial charge in [0.25, 0.3) is 0 Å². The molecule has 0 saturated heterocycles. The Kier molecular flexibility index (Phi) is 4.50. The maximum Gasteiger partial charge on any atom is 0.130 e. The van der Waals surface area contributed by atoms with Crippen LogP contribution in [-0.2, 0) is 4.79 Å². The fraction of sp³-hybridized carbons (Fsp3) is 0.667. The molecule has 2 nitrogen and oxygen atoms in total. The van der Waals surface area contributed by atoms with Gasteiger partial charge in [-0.25, -0.2) is 0 Å². The topological polar surface area (TPSA) is 37.3 Å². The highest BCUT2D eigenvalue weighted by Gasteiger charge is 2.16. The summed E-state index contributed by atoms with van der Waals surface area (Å²) in [7, 11) is 0. The molecule has 12 heavy (non-hydrogen) atoms. The van der Waals surface area contributed by atoms with Gasteiger partial charge in [0, 0.05) is 11.5 Å². The number of hydrogen-bond acceptors (Lipinski definition) is 2. The molecule has 0 unspecified atom stereocenters. The number of ketones is 1. The van der Waals surface area contributed by atoms with Crippen LogP contribution in [0.2, 0.25) is 0 Å². The number of allylic oxidation sites excluding steroid dienone is 1. The van der Waals surface area contributed by atoms with Crippen LogP contribution in [0.3, 0.4) is 0 Å². The second-order valence-corrected chi connectivity index (χ2v) is 3.76. The van der Waals surface area contributed by atoms with Crippen LogP contribution in [0.5, 0.6) is 0 Å². The molecule has 0 radical (unpaired) electrons. The average molecular weight is 191 g/mol. The Morgan fingerprint density at radius 3 is 2.42 bits per heavy atom. The lowest BCUT2D eigenvalue weighted by Gasteiger charge is -2.15. The number of aliphatic hydroxyl groups is 1. The summed E-state index contributed by atoms with van der Waals surface area (Å²) in [6.07, 6.45) is 2.76. The Morgan fingerprint density at radius 1 is 1.58 bits per heavy atom. The van der Waals surface area contributed by atoms with E-state index in [0.717, 1.165) is 0 Å². The monoisotopic (exact) mass is 190 g/mol. The molecule has 0 heterocycles. The lowest BCUT2D eigenvalue weighted by Crippen LogP contribution is -2.18. The smallest absolute Gasteiger partial charge is 0.130 e. The number of Topliss-reactive ketones (excluding diaryl/α,β-unsaturated/α-hetero) is 1. The van der Waals surface area contributed by atoms with E-state index in [1.54, 1.807) is 19.9 Å². The second kappa shape index (κ2) is 4.63. The van der Waals surface area contributed by atoms with Gasteiger partial charge in [-0.15, -0.1) is 0 Å². The van der Waals surface area contributed by atoms with Gasteiger partial charge in [-0.05, 0) is 27.2 Å². The molecule has 0 rings (SSSR count). The van der Waals surface area contributed by atoms with E-state index in [0.29, 0.717) is 17.9 Å². The second-order valence-electron chi connectivity index (χ2n) is 3.35. The molecule has 0 aliphatic heterocycles. The normalized spacial score (nSPS) is 13.2. The third-order valence-electron chi connectivity index (χ3n) is 1.40. The van der Waals surface area contributed by atoms with Crippen molar-refractivity contribution in [1.29, 1.82) is 0 Å². The standard InChI is InChI=1S/C9H15ClO2/c1-7(11)5-4-6-8(10)9(2,3)12/h6,12H,4-5H2,1-3H3/b8-6+. The molecule has 0 saturated carbocycles. The van der Waals surface area contributed by atoms with Crippen LogP contribution in [-0.4, -0.2) is 16.5 Å². The molecule has 0 aliphatic carbocycles. The SMILES string of the molecule is CC(=O)CC/C=C(/Cl)C(C)(C)O. The summed E-state index contributed by atoms with van der Waals surface area (Å²) in [5, 5.41) is 9.76. The molecule has 1 N–H and O–H groups in total. The first-order valence-electron chi connectivity index (χ1n) is 3.92. The molecular weight excluding hydrogens is 176 g/mol. The number of carbonyl (C=O) groups is 1. The molecular formula is C9H15ClO2. The molecule has 0 aromatic heterocycles. The van der Waals surface area contributed by atoms with Crippen LogP contribution in [0, 0.1) is 0 Å². The van der Waals surface area contributed by atoms with Gasteiger partial charge in [-0.1, -0.05) is 17.7 Å². The number of hydrogen-bond donors (Lipinski definition) is 1. The molecule has 0 amide bonds. The fourth-order valence-corrected chi connectivity index (χ4v) is 0.761. The highest BCUT2D eigenvalue weighted by Crippen LogP contribution is 2.20. The van der Waals surface area contributed by atoms with Crippen molar-refractivity contribution in [2.45, 2.75) is 39.2 Å². The minimum absolute atomic E-state index is 0.131. The van der Waals surface area contributed by atoms with Gasteiger partial charge in [-0.3, -0.25) is 0 Å². The Balaban J connectivity index is 3.94. The maximum absolute atomic E-state index is 10.5. The molecule has 0 aliphatic rings.